The lowest BCUT2D eigenvalue weighted by molar-refractivity contribution is -0.233. The van der Waals surface area contributed by atoms with Gasteiger partial charge in [0.2, 0.25) is 0 Å². The van der Waals surface area contributed by atoms with Crippen LogP contribution in [-0.4, -0.2) is 34.2 Å². The number of nitrogens with one attached hydrogen (secondary N) is 1. The largest absolute Gasteiger partial charge is 0.395 e. The molecule has 2 heterocycles. The summed E-state index contributed by atoms with van der Waals surface area (Å²) in [5.74, 6) is -0.404. The van der Waals surface area contributed by atoms with Gasteiger partial charge in [0.15, 0.2) is 5.79 Å². The molecule has 4 heteroatoms. The van der Waals surface area contributed by atoms with E-state index in [9.17, 15) is 10.2 Å². The Morgan fingerprint density at radius 2 is 1.97 bits per heavy atom. The molecule has 1 aliphatic heterocycles. The average Bonchev–Trinajstić information content (AvgIpc) is 3.39. The van der Waals surface area contributed by atoms with Gasteiger partial charge in [-0.1, -0.05) is 52.8 Å². The fourth-order valence-corrected chi connectivity index (χ4v) is 6.66. The van der Waals surface area contributed by atoms with Gasteiger partial charge in [0, 0.05) is 22.9 Å². The summed E-state index contributed by atoms with van der Waals surface area (Å²) in [6, 6.07) is 0. The van der Waals surface area contributed by atoms with Crippen LogP contribution in [0.1, 0.15) is 77.5 Å². The maximum absolute atomic E-state index is 11.8. The first-order valence-corrected chi connectivity index (χ1v) is 11.5. The molecule has 3 N–H and O–H groups in total. The van der Waals surface area contributed by atoms with E-state index < -0.39 is 11.2 Å². The van der Waals surface area contributed by atoms with E-state index in [1.54, 1.807) is 0 Å². The minimum absolute atomic E-state index is 0.0196. The van der Waals surface area contributed by atoms with Crippen molar-refractivity contribution >= 4 is 12.2 Å². The van der Waals surface area contributed by atoms with E-state index in [2.05, 4.69) is 38.4 Å². The summed E-state index contributed by atoms with van der Waals surface area (Å²) < 4.78 is 6.18. The van der Waals surface area contributed by atoms with Crippen LogP contribution in [0.4, 0.5) is 0 Å². The van der Waals surface area contributed by atoms with Crippen LogP contribution in [0.5, 0.6) is 0 Å². The van der Waals surface area contributed by atoms with Crippen molar-refractivity contribution in [3.63, 3.8) is 0 Å². The highest BCUT2D eigenvalue weighted by Gasteiger charge is 2.67. The molecule has 6 atom stereocenters. The lowest BCUT2D eigenvalue weighted by Gasteiger charge is -2.38. The first-order valence-electron chi connectivity index (χ1n) is 11.5. The van der Waals surface area contributed by atoms with Gasteiger partial charge in [0.25, 0.3) is 0 Å². The average molecular weight is 402 g/mol. The number of aromatic amines is 1. The molecule has 3 aliphatic rings. The minimum Gasteiger partial charge on any atom is -0.395 e. The number of allylic oxidation sites excluding steroid dienone is 1. The lowest BCUT2D eigenvalue weighted by atomic mass is 9.70. The number of hydrogen-bond acceptors (Lipinski definition) is 3. The fourth-order valence-electron chi connectivity index (χ4n) is 6.66. The molecule has 2 bridgehead atoms. The molecule has 0 amide bonds. The van der Waals surface area contributed by atoms with Crippen molar-refractivity contribution < 1.29 is 14.9 Å². The molecule has 4 nitrogen and oxygen atoms in total. The van der Waals surface area contributed by atoms with Crippen molar-refractivity contribution in [3.8, 4) is 0 Å². The van der Waals surface area contributed by atoms with Crippen LogP contribution in [-0.2, 0) is 10.2 Å². The normalized spacial score (nSPS) is 38.9. The molecule has 1 saturated carbocycles. The highest BCUT2D eigenvalue weighted by molar-refractivity contribution is 5.48. The zero-order valence-corrected chi connectivity index (χ0v) is 18.8. The minimum atomic E-state index is -1.15. The number of fused-ring (bicyclic) bond motifs is 7. The number of H-pyrrole nitrogens is 1. The maximum atomic E-state index is 11.8. The van der Waals surface area contributed by atoms with E-state index in [0.29, 0.717) is 12.5 Å². The third-order valence-corrected chi connectivity index (χ3v) is 7.78. The molecule has 29 heavy (non-hydrogen) atoms. The molecule has 2 fully saturated rings. The second-order valence-electron chi connectivity index (χ2n) is 8.63. The summed E-state index contributed by atoms with van der Waals surface area (Å²) in [4.78, 5) is 3.64. The van der Waals surface area contributed by atoms with Gasteiger partial charge < -0.3 is 19.9 Å². The molecule has 4 rings (SSSR count). The third-order valence-electron chi connectivity index (χ3n) is 7.78. The zero-order valence-electron chi connectivity index (χ0n) is 18.8. The Morgan fingerprint density at radius 3 is 2.52 bits per heavy atom. The number of aromatic nitrogens is 1. The molecule has 1 aromatic heterocycles. The molecule has 0 radical (unpaired) electrons. The van der Waals surface area contributed by atoms with Crippen LogP contribution in [0.15, 0.2) is 12.7 Å². The first-order chi connectivity index (χ1) is 14.0. The highest BCUT2D eigenvalue weighted by atomic mass is 16.6. The maximum Gasteiger partial charge on any atom is 0.172 e. The number of hydrogen-bond donors (Lipinski definition) is 3. The number of rotatable bonds is 4. The molecular weight excluding hydrogens is 362 g/mol. The van der Waals surface area contributed by atoms with Crippen LogP contribution in [0.3, 0.4) is 0 Å². The predicted octanol–water partition coefficient (Wildman–Crippen LogP) is 3.32. The van der Waals surface area contributed by atoms with E-state index in [0.717, 1.165) is 36.7 Å². The van der Waals surface area contributed by atoms with Gasteiger partial charge in [0.1, 0.15) is 0 Å². The SMILES string of the molecule is C=C/C=c1/[nH]c2c(/c1=C/C)C1C(CC)CCC1C1(O)OCC2(CO)C1CC.CC. The van der Waals surface area contributed by atoms with Crippen LogP contribution in [0, 0.1) is 17.8 Å². The smallest absolute Gasteiger partial charge is 0.172 e. The van der Waals surface area contributed by atoms with Gasteiger partial charge in [-0.3, -0.25) is 0 Å². The number of aliphatic hydroxyl groups excluding tert-OH is 1. The zero-order chi connectivity index (χ0) is 21.4. The standard InChI is InChI=1S/C23H33NO3.C2H6/c1-5-9-17-15(7-3)20-19-14(6-2)10-11-16(19)23(26)18(8-4)22(12-25,13-27-23)21(20)24-17;1-2/h5,7,9,14,16,18-19,24-26H,1,6,8,10-13H2,2-4H3;1-2H3/b15-7+,17-9+;. The van der Waals surface area contributed by atoms with Crippen molar-refractivity contribution in [3.05, 3.63) is 34.5 Å². The first kappa shape index (κ1) is 22.3. The van der Waals surface area contributed by atoms with Crippen molar-refractivity contribution in [1.29, 1.82) is 0 Å². The Kier molecular flexibility index (Phi) is 6.47. The monoisotopic (exact) mass is 401 g/mol. The lowest BCUT2D eigenvalue weighted by Crippen LogP contribution is -2.48. The summed E-state index contributed by atoms with van der Waals surface area (Å²) >= 11 is 0. The number of aliphatic hydroxyl groups is 2. The van der Waals surface area contributed by atoms with E-state index in [-0.39, 0.29) is 24.4 Å². The summed E-state index contributed by atoms with van der Waals surface area (Å²) in [5, 5.41) is 24.6. The van der Waals surface area contributed by atoms with Crippen molar-refractivity contribution in [2.45, 2.75) is 77.4 Å². The van der Waals surface area contributed by atoms with Gasteiger partial charge >= 0.3 is 0 Å². The quantitative estimate of drug-likeness (QED) is 0.725. The molecular formula is C25H39NO3. The fraction of sp³-hybridized carbons (Fsp3) is 0.680. The molecule has 1 saturated heterocycles. The Morgan fingerprint density at radius 1 is 1.24 bits per heavy atom. The van der Waals surface area contributed by atoms with E-state index in [1.807, 2.05) is 26.0 Å². The molecule has 1 aromatic rings. The predicted molar refractivity (Wildman–Crippen MR) is 119 cm³/mol. The Hall–Kier alpha value is -1.36. The van der Waals surface area contributed by atoms with E-state index >= 15 is 0 Å². The van der Waals surface area contributed by atoms with Crippen LogP contribution < -0.4 is 10.6 Å². The van der Waals surface area contributed by atoms with Crippen molar-refractivity contribution in [2.75, 3.05) is 13.2 Å². The third kappa shape index (κ3) is 2.90. The Bertz CT molecular complexity index is 856. The second-order valence-corrected chi connectivity index (χ2v) is 8.63. The van der Waals surface area contributed by atoms with Crippen LogP contribution in [0.25, 0.3) is 12.2 Å². The van der Waals surface area contributed by atoms with E-state index in [1.165, 1.54) is 10.8 Å². The van der Waals surface area contributed by atoms with Gasteiger partial charge in [-0.25, -0.2) is 0 Å². The molecule has 162 valence electrons. The summed E-state index contributed by atoms with van der Waals surface area (Å²) in [6.07, 6.45) is 9.97. The molecule has 0 spiro atoms. The van der Waals surface area contributed by atoms with Gasteiger partial charge in [0.05, 0.1) is 18.6 Å². The summed E-state index contributed by atoms with van der Waals surface area (Å²) in [5.41, 5.74) is 1.82. The Labute approximate surface area is 175 Å². The summed E-state index contributed by atoms with van der Waals surface area (Å²) in [6.45, 7) is 14.7. The topological polar surface area (TPSA) is 65.5 Å². The van der Waals surface area contributed by atoms with Crippen LogP contribution in [0.2, 0.25) is 0 Å². The van der Waals surface area contributed by atoms with Crippen molar-refractivity contribution in [2.24, 2.45) is 17.8 Å². The van der Waals surface area contributed by atoms with Crippen molar-refractivity contribution in [1.82, 2.24) is 4.98 Å². The van der Waals surface area contributed by atoms with Gasteiger partial charge in [-0.05, 0) is 54.9 Å². The van der Waals surface area contributed by atoms with Crippen LogP contribution >= 0.6 is 0 Å². The Balaban J connectivity index is 0.00000117. The van der Waals surface area contributed by atoms with Gasteiger partial charge in [-0.15, -0.1) is 0 Å². The second kappa shape index (κ2) is 8.41. The highest BCUT2D eigenvalue weighted by Crippen LogP contribution is 2.62. The van der Waals surface area contributed by atoms with E-state index in [4.69, 9.17) is 4.74 Å². The summed E-state index contributed by atoms with van der Waals surface area (Å²) in [7, 11) is 0. The molecule has 0 aromatic carbocycles. The molecule has 2 aliphatic carbocycles. The number of ether oxygens (including phenoxy) is 1. The van der Waals surface area contributed by atoms with Gasteiger partial charge in [-0.2, -0.15) is 0 Å². The molecule has 6 unspecified atom stereocenters.